The summed E-state index contributed by atoms with van der Waals surface area (Å²) in [5.41, 5.74) is 0. The highest BCUT2D eigenvalue weighted by Gasteiger charge is 2.17. The molecule has 0 heterocycles. The molecule has 1 unspecified atom stereocenters. The van der Waals surface area contributed by atoms with Gasteiger partial charge in [-0.1, -0.05) is 38.8 Å². The van der Waals surface area contributed by atoms with Crippen LogP contribution in [0.4, 0.5) is 0 Å². The predicted octanol–water partition coefficient (Wildman–Crippen LogP) is 1.54. The fourth-order valence-corrected chi connectivity index (χ4v) is 2.83. The quantitative estimate of drug-likeness (QED) is 0.735. The lowest BCUT2D eigenvalue weighted by molar-refractivity contribution is 0.597. The molecule has 0 spiro atoms. The van der Waals surface area contributed by atoms with E-state index in [1.807, 2.05) is 0 Å². The Hall–Kier alpha value is 0.910. The van der Waals surface area contributed by atoms with E-state index >= 15 is 0 Å². The molecule has 0 radical (unpaired) electrons. The summed E-state index contributed by atoms with van der Waals surface area (Å²) < 4.78 is 21.3. The molecule has 5 heteroatoms. The van der Waals surface area contributed by atoms with Crippen molar-refractivity contribution in [1.82, 2.24) is 0 Å². The average Bonchev–Trinajstić information content (AvgIpc) is 1.86. The van der Waals surface area contributed by atoms with Gasteiger partial charge in [0.2, 0.25) is 0 Å². The maximum absolute atomic E-state index is 10.9. The van der Waals surface area contributed by atoms with Crippen molar-refractivity contribution < 1.29 is 8.42 Å². The molecule has 0 saturated carbocycles. The summed E-state index contributed by atoms with van der Waals surface area (Å²) in [6.45, 7) is 1.63. The van der Waals surface area contributed by atoms with E-state index in [1.54, 1.807) is 6.92 Å². The normalized spacial score (nSPS) is 15.4. The number of hydrogen-bond acceptors (Lipinski definition) is 2. The first kappa shape index (κ1) is 9.91. The lowest BCUT2D eigenvalue weighted by Crippen LogP contribution is -2.17. The smallest absolute Gasteiger partial charge is 0.163 e. The molecule has 2 nitrogen and oxygen atoms in total. The van der Waals surface area contributed by atoms with Crippen LogP contribution in [0.2, 0.25) is 0 Å². The summed E-state index contributed by atoms with van der Waals surface area (Å²) in [5.74, 6) is 0.189. The number of rotatable bonds is 3. The van der Waals surface area contributed by atoms with Crippen LogP contribution in [0.25, 0.3) is 0 Å². The Balaban J connectivity index is 4.17. The lowest BCUT2D eigenvalue weighted by Gasteiger charge is -2.03. The van der Waals surface area contributed by atoms with Crippen molar-refractivity contribution in [2.75, 3.05) is 11.1 Å². The Labute approximate surface area is 72.2 Å². The van der Waals surface area contributed by atoms with Crippen molar-refractivity contribution in [2.45, 2.75) is 11.1 Å². The van der Waals surface area contributed by atoms with Crippen molar-refractivity contribution in [3.8, 4) is 0 Å². The molecule has 0 rings (SSSR count). The molecule has 0 bridgehead atoms. The van der Waals surface area contributed by atoms with E-state index in [4.69, 9.17) is 0 Å². The number of hydrogen-bond donors (Lipinski definition) is 0. The Kier molecular flexibility index (Phi) is 4.33. The summed E-state index contributed by atoms with van der Waals surface area (Å²) in [6.07, 6.45) is 0. The van der Waals surface area contributed by atoms with E-state index in [2.05, 4.69) is 31.9 Å². The van der Waals surface area contributed by atoms with Crippen LogP contribution in [0.15, 0.2) is 0 Å². The van der Waals surface area contributed by atoms with Crippen molar-refractivity contribution in [2.24, 2.45) is 0 Å². The van der Waals surface area contributed by atoms with Gasteiger partial charge >= 0.3 is 0 Å². The van der Waals surface area contributed by atoms with E-state index in [-0.39, 0.29) is 5.75 Å². The Morgan fingerprint density at radius 3 is 2.11 bits per heavy atom. The molecule has 0 aromatic carbocycles. The fraction of sp³-hybridized carbons (Fsp3) is 1.00. The summed E-state index contributed by atoms with van der Waals surface area (Å²) in [5, 5.41) is 0.448. The molecule has 0 aliphatic heterocycles. The molecular formula is C4H8Br2O2S. The van der Waals surface area contributed by atoms with Gasteiger partial charge in [-0.15, -0.1) is 0 Å². The van der Waals surface area contributed by atoms with Crippen LogP contribution < -0.4 is 0 Å². The summed E-state index contributed by atoms with van der Waals surface area (Å²) >= 11 is 6.09. The van der Waals surface area contributed by atoms with Gasteiger partial charge in [0.05, 0.1) is 0 Å². The van der Waals surface area contributed by atoms with Crippen LogP contribution >= 0.6 is 31.9 Å². The molecule has 0 N–H and O–H groups in total. The molecule has 9 heavy (non-hydrogen) atoms. The van der Waals surface area contributed by atoms with Gasteiger partial charge in [0.1, 0.15) is 4.16 Å². The maximum Gasteiger partial charge on any atom is 0.163 e. The molecule has 56 valence electrons. The molecular weight excluding hydrogens is 272 g/mol. The molecule has 0 aromatic heterocycles. The van der Waals surface area contributed by atoms with Gasteiger partial charge in [-0.25, -0.2) is 8.42 Å². The van der Waals surface area contributed by atoms with E-state index in [9.17, 15) is 8.42 Å². The Bertz CT molecular complexity index is 163. The van der Waals surface area contributed by atoms with Crippen LogP contribution in [0, 0.1) is 0 Å². The lowest BCUT2D eigenvalue weighted by atomic mass is 11.0. The maximum atomic E-state index is 10.9. The second-order valence-electron chi connectivity index (χ2n) is 1.52. The van der Waals surface area contributed by atoms with Gasteiger partial charge in [-0.3, -0.25) is 0 Å². The minimum atomic E-state index is -2.88. The van der Waals surface area contributed by atoms with Crippen molar-refractivity contribution in [3.05, 3.63) is 0 Å². The molecule has 0 aliphatic rings. The first-order valence-corrected chi connectivity index (χ1v) is 6.21. The number of alkyl halides is 2. The second kappa shape index (κ2) is 3.93. The zero-order valence-corrected chi connectivity index (χ0v) is 8.96. The van der Waals surface area contributed by atoms with Crippen LogP contribution in [0.5, 0.6) is 0 Å². The van der Waals surface area contributed by atoms with E-state index in [0.717, 1.165) is 0 Å². The molecule has 0 aliphatic carbocycles. The SMILES string of the molecule is CCS(=O)(=O)C(Br)CBr. The van der Waals surface area contributed by atoms with Crippen LogP contribution in [0.1, 0.15) is 6.92 Å². The van der Waals surface area contributed by atoms with Gasteiger partial charge in [-0.2, -0.15) is 0 Å². The highest BCUT2D eigenvalue weighted by molar-refractivity contribution is 9.13. The van der Waals surface area contributed by atoms with Crippen LogP contribution in [-0.4, -0.2) is 23.7 Å². The fourth-order valence-electron chi connectivity index (χ4n) is 0.277. The predicted molar refractivity (Wildman–Crippen MR) is 46.0 cm³/mol. The van der Waals surface area contributed by atoms with E-state index in [1.165, 1.54) is 0 Å². The zero-order valence-electron chi connectivity index (χ0n) is 4.97. The largest absolute Gasteiger partial charge is 0.228 e. The molecule has 0 fully saturated rings. The van der Waals surface area contributed by atoms with Gasteiger partial charge in [0, 0.05) is 11.1 Å². The van der Waals surface area contributed by atoms with E-state index in [0.29, 0.717) is 5.33 Å². The first-order valence-electron chi connectivity index (χ1n) is 2.46. The molecule has 0 saturated heterocycles. The van der Waals surface area contributed by atoms with Crippen molar-refractivity contribution in [1.29, 1.82) is 0 Å². The summed E-state index contributed by atoms with van der Waals surface area (Å²) in [7, 11) is -2.88. The minimum Gasteiger partial charge on any atom is -0.228 e. The van der Waals surface area contributed by atoms with Gasteiger partial charge in [0.15, 0.2) is 9.84 Å². The average molecular weight is 280 g/mol. The van der Waals surface area contributed by atoms with Gasteiger partial charge in [0.25, 0.3) is 0 Å². The molecule has 0 amide bonds. The first-order chi connectivity index (χ1) is 4.04. The molecule has 1 atom stereocenters. The van der Waals surface area contributed by atoms with Gasteiger partial charge in [-0.05, 0) is 0 Å². The standard InChI is InChI=1S/C4H8Br2O2S/c1-2-9(7,8)4(6)3-5/h4H,2-3H2,1H3. The summed E-state index contributed by atoms with van der Waals surface area (Å²) in [4.78, 5) is 0. The third kappa shape index (κ3) is 3.00. The number of halogens is 2. The second-order valence-corrected chi connectivity index (χ2v) is 6.35. The van der Waals surface area contributed by atoms with Crippen molar-refractivity contribution in [3.63, 3.8) is 0 Å². The third-order valence-electron chi connectivity index (χ3n) is 0.913. The highest BCUT2D eigenvalue weighted by atomic mass is 79.9. The minimum absolute atomic E-state index is 0.189. The van der Waals surface area contributed by atoms with E-state index < -0.39 is 14.0 Å². The van der Waals surface area contributed by atoms with Crippen molar-refractivity contribution >= 4 is 41.7 Å². The van der Waals surface area contributed by atoms with Crippen LogP contribution in [-0.2, 0) is 9.84 Å². The third-order valence-corrected chi connectivity index (χ3v) is 6.64. The topological polar surface area (TPSA) is 34.1 Å². The van der Waals surface area contributed by atoms with Gasteiger partial charge < -0.3 is 0 Å². The monoisotopic (exact) mass is 278 g/mol. The Morgan fingerprint density at radius 2 is 2.00 bits per heavy atom. The van der Waals surface area contributed by atoms with Crippen LogP contribution in [0.3, 0.4) is 0 Å². The summed E-state index contributed by atoms with van der Waals surface area (Å²) in [6, 6.07) is 0. The highest BCUT2D eigenvalue weighted by Crippen LogP contribution is 2.12. The zero-order chi connectivity index (χ0) is 7.49. The molecule has 0 aromatic rings. The number of sulfone groups is 1. The Morgan fingerprint density at radius 1 is 1.56 bits per heavy atom.